The van der Waals surface area contributed by atoms with Gasteiger partial charge in [0.05, 0.1) is 0 Å². The smallest absolute Gasteiger partial charge is 0.223 e. The number of nitrogens with one attached hydrogen (secondary N) is 4. The quantitative estimate of drug-likeness (QED) is 0.123. The lowest BCUT2D eigenvalue weighted by Crippen LogP contribution is -2.54. The van der Waals surface area contributed by atoms with Crippen LogP contribution in [0.2, 0.25) is 0 Å². The van der Waals surface area contributed by atoms with Crippen LogP contribution < -0.4 is 21.7 Å². The van der Waals surface area contributed by atoms with Gasteiger partial charge in [0, 0.05) is 0 Å². The number of hydrazine groups is 2. The van der Waals surface area contributed by atoms with Crippen molar-refractivity contribution in [3.05, 3.63) is 119 Å². The maximum Gasteiger partial charge on any atom is 0.426 e. The van der Waals surface area contributed by atoms with E-state index in [4.69, 9.17) is 0 Å². The van der Waals surface area contributed by atoms with E-state index in [0.717, 1.165) is 48.5 Å². The third kappa shape index (κ3) is 5.14. The zero-order chi connectivity index (χ0) is 34.3. The molecule has 16 heteroatoms. The summed E-state index contributed by atoms with van der Waals surface area (Å²) in [6, 6.07) is 16.2. The fourth-order valence-corrected chi connectivity index (χ4v) is 5.66. The monoisotopic (exact) mass is 676 g/mol. The van der Waals surface area contributed by atoms with E-state index in [1.165, 1.54) is 24.3 Å². The second-order valence-electron chi connectivity index (χ2n) is 11.1. The molecule has 2 heterocycles. The summed E-state index contributed by atoms with van der Waals surface area (Å²) in [5, 5.41) is 0. The van der Waals surface area contributed by atoms with E-state index in [1.807, 2.05) is 21.7 Å². The summed E-state index contributed by atoms with van der Waals surface area (Å²) >= 11 is 0. The molecule has 2 aliphatic heterocycles. The fourth-order valence-electron chi connectivity index (χ4n) is 5.66. The molecule has 0 radical (unpaired) electrons. The molecule has 0 saturated carbocycles. The molecule has 2 aliphatic rings. The molecule has 0 amide bonds. The first kappa shape index (κ1) is 32.8. The minimum atomic E-state index is -5.88. The lowest BCUT2D eigenvalue weighted by molar-refractivity contribution is -0.288. The minimum absolute atomic E-state index is 0.152. The highest BCUT2D eigenvalue weighted by Crippen LogP contribution is 2.56. The molecular weight excluding hydrogens is 656 g/mol. The van der Waals surface area contributed by atoms with Crippen LogP contribution in [-0.2, 0) is 16.7 Å². The molecule has 0 atom stereocenters. The van der Waals surface area contributed by atoms with Crippen molar-refractivity contribution < 1.29 is 52.7 Å². The summed E-state index contributed by atoms with van der Waals surface area (Å²) in [6.45, 7) is 0. The van der Waals surface area contributed by atoms with Crippen LogP contribution in [0.15, 0.2) is 97.1 Å². The zero-order valence-electron chi connectivity index (χ0n) is 23.3. The van der Waals surface area contributed by atoms with Gasteiger partial charge < -0.3 is 0 Å². The maximum atomic E-state index is 14.7. The third-order valence-electron chi connectivity index (χ3n) is 8.39. The van der Waals surface area contributed by atoms with E-state index in [2.05, 4.69) is 0 Å². The maximum absolute atomic E-state index is 14.7. The Morgan fingerprint density at radius 3 is 0.766 bits per heavy atom. The van der Waals surface area contributed by atoms with E-state index in [1.54, 1.807) is 0 Å². The highest BCUT2D eigenvalue weighted by atomic mass is 19.4. The topological polar surface area (TPSA) is 87.8 Å². The van der Waals surface area contributed by atoms with Crippen LogP contribution in [0.25, 0.3) is 22.3 Å². The number of alkyl halides is 12. The van der Waals surface area contributed by atoms with Crippen molar-refractivity contribution in [1.82, 2.24) is 21.7 Å². The minimum Gasteiger partial charge on any atom is -0.223 e. The van der Waals surface area contributed by atoms with Crippen LogP contribution >= 0.6 is 0 Å². The Bertz CT molecular complexity index is 1610. The van der Waals surface area contributed by atoms with Crippen molar-refractivity contribution in [2.45, 2.75) is 41.4 Å². The Balaban J connectivity index is 1.33. The Hall–Kier alpha value is -4.12. The van der Waals surface area contributed by atoms with Gasteiger partial charge in [-0.15, -0.1) is 0 Å². The molecule has 0 unspecified atom stereocenters. The van der Waals surface area contributed by atoms with E-state index in [9.17, 15) is 52.7 Å². The fraction of sp³-hybridized carbons (Fsp3) is 0.226. The molecule has 0 spiro atoms. The summed E-state index contributed by atoms with van der Waals surface area (Å²) in [5.74, 6) is 0. The van der Waals surface area contributed by atoms with Gasteiger partial charge >= 0.3 is 24.7 Å². The second-order valence-corrected chi connectivity index (χ2v) is 11.1. The number of halogens is 12. The van der Waals surface area contributed by atoms with Gasteiger partial charge in [-0.05, 0) is 44.5 Å². The summed E-state index contributed by atoms with van der Waals surface area (Å²) in [4.78, 5) is 0. The summed E-state index contributed by atoms with van der Waals surface area (Å²) in [7, 11) is 0. The van der Waals surface area contributed by atoms with Crippen LogP contribution in [0.1, 0.15) is 22.3 Å². The molecule has 2 fully saturated rings. The highest BCUT2D eigenvalue weighted by molar-refractivity contribution is 5.67. The molecule has 0 aromatic heterocycles. The summed E-state index contributed by atoms with van der Waals surface area (Å²) in [6.07, 6.45) is -21.1. The standard InChI is InChI=1S/C31H20F12N4/c32-28(33,34)25(29(35,36)37,21-9-1-17(2-10-21)19-5-13-23(14-6-19)26(44-45-26)30(38,39)40)22-11-3-18(4-12-22)20-7-15-24(16-8-20)27(46-47-27)31(41,42)43/h1-16,44-47H. The van der Waals surface area contributed by atoms with Crippen LogP contribution in [0.5, 0.6) is 0 Å². The normalized spacial score (nSPS) is 17.8. The van der Waals surface area contributed by atoms with Crippen molar-refractivity contribution in [1.29, 1.82) is 0 Å². The largest absolute Gasteiger partial charge is 0.426 e. The van der Waals surface area contributed by atoms with Crippen LogP contribution in [0.4, 0.5) is 52.7 Å². The van der Waals surface area contributed by atoms with Crippen molar-refractivity contribution in [2.24, 2.45) is 0 Å². The Kier molecular flexibility index (Phi) is 7.29. The molecule has 4 N–H and O–H groups in total. The van der Waals surface area contributed by atoms with Gasteiger partial charge in [-0.1, -0.05) is 97.1 Å². The molecular formula is C31H20F12N4. The van der Waals surface area contributed by atoms with Crippen molar-refractivity contribution in [3.63, 3.8) is 0 Å². The first-order valence-electron chi connectivity index (χ1n) is 13.6. The Morgan fingerprint density at radius 1 is 0.340 bits per heavy atom. The summed E-state index contributed by atoms with van der Waals surface area (Å²) < 4.78 is 168. The zero-order valence-corrected chi connectivity index (χ0v) is 23.3. The molecule has 2 saturated heterocycles. The van der Waals surface area contributed by atoms with Crippen molar-refractivity contribution >= 4 is 0 Å². The van der Waals surface area contributed by atoms with Gasteiger partial charge in [0.15, 0.2) is 0 Å². The average Bonchev–Trinajstić information content (AvgIpc) is 3.90. The van der Waals surface area contributed by atoms with E-state index in [0.29, 0.717) is 24.3 Å². The van der Waals surface area contributed by atoms with Crippen molar-refractivity contribution in [2.75, 3.05) is 0 Å². The van der Waals surface area contributed by atoms with Gasteiger partial charge in [0.25, 0.3) is 0 Å². The lowest BCUT2D eigenvalue weighted by Gasteiger charge is -2.38. The van der Waals surface area contributed by atoms with Crippen LogP contribution in [0.3, 0.4) is 0 Å². The van der Waals surface area contributed by atoms with Gasteiger partial charge in [0.2, 0.25) is 16.7 Å². The first-order chi connectivity index (χ1) is 21.8. The summed E-state index contributed by atoms with van der Waals surface area (Å²) in [5.41, 5.74) is -3.17. The Morgan fingerprint density at radius 2 is 0.574 bits per heavy atom. The highest BCUT2D eigenvalue weighted by Gasteiger charge is 2.72. The van der Waals surface area contributed by atoms with Gasteiger partial charge in [0.1, 0.15) is 0 Å². The van der Waals surface area contributed by atoms with Gasteiger partial charge in [-0.3, -0.25) is 0 Å². The van der Waals surface area contributed by atoms with E-state index >= 15 is 0 Å². The predicted octanol–water partition coefficient (Wildman–Crippen LogP) is 8.08. The molecule has 248 valence electrons. The average molecular weight is 677 g/mol. The molecule has 4 aromatic rings. The predicted molar refractivity (Wildman–Crippen MR) is 145 cm³/mol. The molecule has 4 nitrogen and oxygen atoms in total. The van der Waals surface area contributed by atoms with E-state index < -0.39 is 52.6 Å². The number of rotatable bonds is 6. The Labute approximate surface area is 257 Å². The molecule has 6 rings (SSSR count). The molecule has 47 heavy (non-hydrogen) atoms. The number of hydrogen-bond donors (Lipinski definition) is 4. The number of benzene rings is 4. The molecule has 4 aromatic carbocycles. The number of hydrogen-bond acceptors (Lipinski definition) is 4. The first-order valence-corrected chi connectivity index (χ1v) is 13.6. The van der Waals surface area contributed by atoms with Gasteiger partial charge in [-0.2, -0.15) is 52.7 Å². The molecule has 0 aliphatic carbocycles. The van der Waals surface area contributed by atoms with E-state index in [-0.39, 0.29) is 33.4 Å². The van der Waals surface area contributed by atoms with Gasteiger partial charge in [-0.25, -0.2) is 21.7 Å². The third-order valence-corrected chi connectivity index (χ3v) is 8.39. The SMILES string of the molecule is FC(F)(F)C1(c2ccc(-c3ccc(C(c4ccc(-c5ccc(C6(C(F)(F)F)NN6)cc5)cc4)(C(F)(F)F)C(F)(F)F)cc3)cc2)NN1. The molecule has 0 bridgehead atoms. The van der Waals surface area contributed by atoms with Crippen LogP contribution in [-0.4, -0.2) is 24.7 Å². The van der Waals surface area contributed by atoms with Crippen molar-refractivity contribution in [3.8, 4) is 22.3 Å². The van der Waals surface area contributed by atoms with Crippen LogP contribution in [0, 0.1) is 0 Å². The lowest BCUT2D eigenvalue weighted by atomic mass is 9.72. The second kappa shape index (κ2) is 10.4.